The fraction of sp³-hybridized carbons (Fsp3) is 0. The van der Waals surface area contributed by atoms with Gasteiger partial charge in [0.25, 0.3) is 0 Å². The van der Waals surface area contributed by atoms with Crippen molar-refractivity contribution >= 4 is 7.82 Å². The maximum atomic E-state index is 9.22. The van der Waals surface area contributed by atoms with E-state index < -0.39 is 7.82 Å². The second-order valence-corrected chi connectivity index (χ2v) is 1.72. The SMILES string of the molecule is O=P(O)(O)OO.[Fe].[H-].[Na+]. The first-order valence-electron chi connectivity index (χ1n) is 0.948. The minimum atomic E-state index is -4.59. The molecule has 0 unspecified atom stereocenters. The average Bonchev–Trinajstić information content (AvgIpc) is 1.35. The molecule has 0 fully saturated rings. The molecule has 0 aromatic heterocycles. The summed E-state index contributed by atoms with van der Waals surface area (Å²) in [5.74, 6) is 0. The van der Waals surface area contributed by atoms with E-state index in [0.29, 0.717) is 0 Å². The molecule has 5 nitrogen and oxygen atoms in total. The van der Waals surface area contributed by atoms with Crippen molar-refractivity contribution in [3.63, 3.8) is 0 Å². The second-order valence-electron chi connectivity index (χ2n) is 0.572. The quantitative estimate of drug-likeness (QED) is 0.176. The molecular weight excluding hydrogens is 190 g/mol. The van der Waals surface area contributed by atoms with Crippen LogP contribution in [0.1, 0.15) is 1.43 Å². The zero-order valence-corrected chi connectivity index (χ0v) is 7.96. The number of rotatable bonds is 1. The van der Waals surface area contributed by atoms with Gasteiger partial charge < -0.3 is 11.2 Å². The average molecular weight is 194 g/mol. The van der Waals surface area contributed by atoms with Gasteiger partial charge in [-0.25, -0.2) is 9.82 Å². The van der Waals surface area contributed by atoms with Crippen LogP contribution in [0.4, 0.5) is 0 Å². The van der Waals surface area contributed by atoms with Crippen molar-refractivity contribution in [1.29, 1.82) is 0 Å². The Morgan fingerprint density at radius 1 is 1.50 bits per heavy atom. The first kappa shape index (κ1) is 16.3. The molecule has 0 bridgehead atoms. The van der Waals surface area contributed by atoms with Crippen LogP contribution in [0.2, 0.25) is 0 Å². The Bertz CT molecular complexity index is 81.0. The molecule has 0 atom stereocenters. The van der Waals surface area contributed by atoms with Crippen molar-refractivity contribution in [3.05, 3.63) is 0 Å². The number of hydrogen-bond acceptors (Lipinski definition) is 3. The molecule has 0 aromatic rings. The summed E-state index contributed by atoms with van der Waals surface area (Å²) in [7, 11) is -4.59. The van der Waals surface area contributed by atoms with Crippen LogP contribution in [0.5, 0.6) is 0 Å². The minimum Gasteiger partial charge on any atom is -1.00 e. The molecule has 0 aliphatic heterocycles. The Labute approximate surface area is 79.8 Å². The molecule has 0 aliphatic carbocycles. The third-order valence-electron chi connectivity index (χ3n) is 0.106. The predicted octanol–water partition coefficient (Wildman–Crippen LogP) is -3.32. The molecule has 0 saturated carbocycles. The topological polar surface area (TPSA) is 87.0 Å². The Hall–Kier alpha value is 1.59. The first-order valence-corrected chi connectivity index (χ1v) is 2.48. The van der Waals surface area contributed by atoms with Gasteiger partial charge in [0.1, 0.15) is 0 Å². The molecule has 48 valence electrons. The van der Waals surface area contributed by atoms with Gasteiger partial charge >= 0.3 is 37.4 Å². The fourth-order valence-electron chi connectivity index (χ4n) is 0. The second kappa shape index (κ2) is 6.71. The van der Waals surface area contributed by atoms with Crippen LogP contribution < -0.4 is 29.6 Å². The standard InChI is InChI=1S/Fe.Na.H3O5P.H/c;;1-5-6(2,3)4;/h;;1H,(H2,2,3,4);/q;+1;;-1. The summed E-state index contributed by atoms with van der Waals surface area (Å²) in [6.07, 6.45) is 0. The zero-order chi connectivity index (χ0) is 5.21. The molecule has 0 aliphatic rings. The van der Waals surface area contributed by atoms with E-state index in [-0.39, 0.29) is 48.1 Å². The van der Waals surface area contributed by atoms with E-state index in [9.17, 15) is 4.57 Å². The van der Waals surface area contributed by atoms with Gasteiger partial charge in [0.15, 0.2) is 0 Å². The Morgan fingerprint density at radius 2 is 1.62 bits per heavy atom. The predicted molar refractivity (Wildman–Crippen MR) is 16.9 cm³/mol. The van der Waals surface area contributed by atoms with Gasteiger partial charge in [0.2, 0.25) is 0 Å². The molecule has 8 heteroatoms. The summed E-state index contributed by atoms with van der Waals surface area (Å²) in [5.41, 5.74) is 0. The van der Waals surface area contributed by atoms with Gasteiger partial charge in [-0.2, -0.15) is 0 Å². The van der Waals surface area contributed by atoms with Crippen LogP contribution in [-0.2, 0) is 26.3 Å². The van der Waals surface area contributed by atoms with Gasteiger partial charge in [-0.1, -0.05) is 0 Å². The summed E-state index contributed by atoms with van der Waals surface area (Å²) in [6.45, 7) is 0. The summed E-state index contributed by atoms with van der Waals surface area (Å²) in [6, 6.07) is 0. The first-order chi connectivity index (χ1) is 2.56. The van der Waals surface area contributed by atoms with E-state index in [4.69, 9.17) is 15.0 Å². The third-order valence-corrected chi connectivity index (χ3v) is 0.319. The van der Waals surface area contributed by atoms with E-state index >= 15 is 0 Å². The van der Waals surface area contributed by atoms with Crippen LogP contribution in [0.25, 0.3) is 0 Å². The molecule has 8 heavy (non-hydrogen) atoms. The van der Waals surface area contributed by atoms with Gasteiger partial charge in [-0.15, -0.1) is 4.67 Å². The Balaban J connectivity index is -0.0000000417. The van der Waals surface area contributed by atoms with Crippen molar-refractivity contribution < 1.29 is 72.3 Å². The molecule has 0 aromatic carbocycles. The van der Waals surface area contributed by atoms with Crippen molar-refractivity contribution in [2.45, 2.75) is 0 Å². The Kier molecular flexibility index (Phi) is 13.7. The van der Waals surface area contributed by atoms with Gasteiger partial charge in [-0.05, 0) is 0 Å². The maximum absolute atomic E-state index is 9.22. The molecule has 0 heterocycles. The zero-order valence-electron chi connectivity index (χ0n) is 4.96. The smallest absolute Gasteiger partial charge is 1.00 e. The molecule has 0 amide bonds. The van der Waals surface area contributed by atoms with Gasteiger partial charge in [0.05, 0.1) is 0 Å². The Morgan fingerprint density at radius 3 is 1.62 bits per heavy atom. The van der Waals surface area contributed by atoms with E-state index in [1.807, 2.05) is 0 Å². The molecule has 0 saturated heterocycles. The molecule has 0 rings (SSSR count). The summed E-state index contributed by atoms with van der Waals surface area (Å²) >= 11 is 0. The molecular formula is H4FeNaO5P. The van der Waals surface area contributed by atoms with E-state index in [1.54, 1.807) is 0 Å². The maximum Gasteiger partial charge on any atom is 1.00 e. The van der Waals surface area contributed by atoms with Crippen molar-refractivity contribution in [2.75, 3.05) is 0 Å². The van der Waals surface area contributed by atoms with E-state index in [0.717, 1.165) is 0 Å². The van der Waals surface area contributed by atoms with Crippen LogP contribution in [0.15, 0.2) is 0 Å². The van der Waals surface area contributed by atoms with Gasteiger partial charge in [-0.3, -0.25) is 0 Å². The fourth-order valence-corrected chi connectivity index (χ4v) is 0. The molecule has 3 N–H and O–H groups in total. The normalized spacial score (nSPS) is 8.88. The van der Waals surface area contributed by atoms with Crippen LogP contribution in [0.3, 0.4) is 0 Å². The van der Waals surface area contributed by atoms with E-state index in [1.165, 1.54) is 0 Å². The van der Waals surface area contributed by atoms with Gasteiger partial charge in [0, 0.05) is 17.1 Å². The van der Waals surface area contributed by atoms with Crippen molar-refractivity contribution in [3.8, 4) is 0 Å². The van der Waals surface area contributed by atoms with Crippen LogP contribution >= 0.6 is 7.82 Å². The van der Waals surface area contributed by atoms with E-state index in [2.05, 4.69) is 4.67 Å². The van der Waals surface area contributed by atoms with Crippen LogP contribution in [-0.4, -0.2) is 15.0 Å². The summed E-state index contributed by atoms with van der Waals surface area (Å²) in [5, 5.41) is 7.14. The number of phosphoric acid groups is 1. The van der Waals surface area contributed by atoms with Crippen molar-refractivity contribution in [1.82, 2.24) is 0 Å². The van der Waals surface area contributed by atoms with Crippen molar-refractivity contribution in [2.24, 2.45) is 0 Å². The number of hydrogen-bond donors (Lipinski definition) is 3. The molecule has 0 radical (unpaired) electrons. The summed E-state index contributed by atoms with van der Waals surface area (Å²) < 4.78 is 11.8. The third kappa shape index (κ3) is 15.6. The molecule has 0 spiro atoms. The minimum absolute atomic E-state index is 0. The largest absolute Gasteiger partial charge is 1.00 e. The monoisotopic (exact) mass is 194 g/mol. The van der Waals surface area contributed by atoms with Crippen LogP contribution in [0, 0.1) is 0 Å². The summed E-state index contributed by atoms with van der Waals surface area (Å²) in [4.78, 5) is 14.9.